The summed E-state index contributed by atoms with van der Waals surface area (Å²) in [7, 11) is 0. The number of aromatic nitrogens is 3. The molecule has 2 fully saturated rings. The molecule has 5 rings (SSSR count). The predicted molar refractivity (Wildman–Crippen MR) is 110 cm³/mol. The topological polar surface area (TPSA) is 86.0 Å². The molecule has 3 aromatic rings. The smallest absolute Gasteiger partial charge is 0.322 e. The van der Waals surface area contributed by atoms with Crippen molar-refractivity contribution in [3.05, 3.63) is 53.9 Å². The predicted octanol–water partition coefficient (Wildman–Crippen LogP) is 2.95. The van der Waals surface area contributed by atoms with Crippen molar-refractivity contribution in [3.63, 3.8) is 0 Å². The Kier molecular flexibility index (Phi) is 4.63. The van der Waals surface area contributed by atoms with Crippen LogP contribution in [0.2, 0.25) is 0 Å². The molecule has 4 heterocycles. The van der Waals surface area contributed by atoms with Gasteiger partial charge in [0.15, 0.2) is 5.65 Å². The number of β-amino-alcohol motifs (C(OH)–C–C–N with tert-alkyl or cyclic N) is 1. The molecule has 162 valence electrons. The number of fused-ring (bicyclic) bond motifs is 1. The van der Waals surface area contributed by atoms with Crippen LogP contribution in [0, 0.1) is 11.6 Å². The highest BCUT2D eigenvalue weighted by Crippen LogP contribution is 2.37. The zero-order valence-electron chi connectivity index (χ0n) is 17.6. The van der Waals surface area contributed by atoms with Crippen LogP contribution in [0.3, 0.4) is 0 Å². The summed E-state index contributed by atoms with van der Waals surface area (Å²) >= 11 is 0. The molecule has 2 amide bonds. The van der Waals surface area contributed by atoms with Gasteiger partial charge in [0.25, 0.3) is 0 Å². The summed E-state index contributed by atoms with van der Waals surface area (Å²) < 4.78 is 37.4. The average Bonchev–Trinajstić information content (AvgIpc) is 3.48. The molecule has 10 heteroatoms. The lowest BCUT2D eigenvalue weighted by Crippen LogP contribution is -2.33. The minimum atomic E-state index is -1.64. The van der Waals surface area contributed by atoms with E-state index in [9.17, 15) is 18.7 Å². The molecule has 0 spiro atoms. The molecule has 2 saturated heterocycles. The first-order chi connectivity index (χ1) is 15.3. The van der Waals surface area contributed by atoms with Gasteiger partial charge in [-0.2, -0.15) is 5.10 Å². The quantitative estimate of drug-likeness (QED) is 0.669. The normalized spacial score (nSPS) is 24.1. The number of benzene rings is 1. The van der Waals surface area contributed by atoms with Crippen molar-refractivity contribution in [3.8, 4) is 0 Å². The summed E-state index contributed by atoms with van der Waals surface area (Å²) in [5, 5.41) is 16.7. The molecule has 0 aliphatic carbocycles. The summed E-state index contributed by atoms with van der Waals surface area (Å²) in [4.78, 5) is 20.5. The number of halogens is 2. The fraction of sp³-hybridized carbons (Fsp3) is 0.381. The lowest BCUT2D eigenvalue weighted by Gasteiger charge is -2.26. The monoisotopic (exact) mass is 429 g/mol. The molecule has 2 aliphatic heterocycles. The van der Waals surface area contributed by atoms with Crippen molar-refractivity contribution in [2.45, 2.75) is 31.4 Å². The van der Waals surface area contributed by atoms with Gasteiger partial charge in [0.1, 0.15) is 23.1 Å². The number of rotatable bonds is 3. The number of aliphatic hydroxyl groups is 1. The van der Waals surface area contributed by atoms with Gasteiger partial charge in [-0.05, 0) is 43.5 Å². The van der Waals surface area contributed by atoms with Crippen LogP contribution < -0.4 is 10.2 Å². The van der Waals surface area contributed by atoms with E-state index in [1.165, 1.54) is 21.7 Å². The van der Waals surface area contributed by atoms with Crippen molar-refractivity contribution in [1.29, 1.82) is 0 Å². The molecule has 8 nitrogen and oxygen atoms in total. The van der Waals surface area contributed by atoms with Crippen LogP contribution in [0.25, 0.3) is 5.65 Å². The first-order valence-electron chi connectivity index (χ1n) is 10.6. The Morgan fingerprint density at radius 1 is 1.26 bits per heavy atom. The Labute approximate surface area is 178 Å². The highest BCUT2D eigenvalue weighted by Gasteiger charge is 2.30. The van der Waals surface area contributed by atoms with Crippen molar-refractivity contribution in [2.75, 3.05) is 29.9 Å². The van der Waals surface area contributed by atoms with Crippen molar-refractivity contribution in [1.82, 2.24) is 19.5 Å². The fourth-order valence-electron chi connectivity index (χ4n) is 4.25. The van der Waals surface area contributed by atoms with Crippen LogP contribution in [-0.4, -0.2) is 56.3 Å². The number of nitrogens with one attached hydrogen (secondary N) is 1. The molecular weight excluding hydrogens is 406 g/mol. The van der Waals surface area contributed by atoms with E-state index in [0.29, 0.717) is 35.7 Å². The van der Waals surface area contributed by atoms with Crippen molar-refractivity contribution < 1.29 is 20.1 Å². The molecule has 0 radical (unpaired) electrons. The maximum atomic E-state index is 14.4. The molecule has 31 heavy (non-hydrogen) atoms. The Bertz CT molecular complexity index is 1190. The highest BCUT2D eigenvalue weighted by molar-refractivity contribution is 5.93. The second-order valence-corrected chi connectivity index (χ2v) is 7.80. The van der Waals surface area contributed by atoms with Crippen LogP contribution >= 0.6 is 0 Å². The molecule has 1 aromatic carbocycles. The van der Waals surface area contributed by atoms with E-state index < -0.39 is 23.7 Å². The summed E-state index contributed by atoms with van der Waals surface area (Å²) in [5.41, 5.74) is 1.08. The van der Waals surface area contributed by atoms with Crippen LogP contribution in [0.15, 0.2) is 36.7 Å². The number of nitrogens with zero attached hydrogens (tertiary/aromatic N) is 5. The third kappa shape index (κ3) is 3.67. The van der Waals surface area contributed by atoms with E-state index in [2.05, 4.69) is 15.4 Å². The van der Waals surface area contributed by atoms with E-state index in [-0.39, 0.29) is 25.6 Å². The standard InChI is InChI=1S/C21H22F2N6O2/c22-13-3-4-16(23)15(10-13)18-2-1-7-28(18)19-6-9-29-20(26-19)17(11-24-29)25-21(31)27-8-5-14(30)12-27/h3-4,6,9-11,14,18,30H,1-2,5,7-8,12H2,(H,25,31)/t14-,18+/m0/s1/i14D. The summed E-state index contributed by atoms with van der Waals surface area (Å²) in [5.74, 6) is -0.373. The zero-order chi connectivity index (χ0) is 22.5. The first kappa shape index (κ1) is 18.5. The van der Waals surface area contributed by atoms with Gasteiger partial charge in [-0.25, -0.2) is 23.1 Å². The van der Waals surface area contributed by atoms with E-state index in [1.807, 2.05) is 4.90 Å². The van der Waals surface area contributed by atoms with Gasteiger partial charge in [-0.15, -0.1) is 0 Å². The Balaban J connectivity index is 1.42. The number of anilines is 2. The Morgan fingerprint density at radius 2 is 2.13 bits per heavy atom. The summed E-state index contributed by atoms with van der Waals surface area (Å²) in [6.45, 7) is 0.833. The highest BCUT2D eigenvalue weighted by atomic mass is 19.1. The van der Waals surface area contributed by atoms with Gasteiger partial charge in [-0.1, -0.05) is 0 Å². The number of hydrogen-bond donors (Lipinski definition) is 2. The van der Waals surface area contributed by atoms with Crippen molar-refractivity contribution in [2.24, 2.45) is 0 Å². The minimum absolute atomic E-state index is 0.0780. The van der Waals surface area contributed by atoms with E-state index in [4.69, 9.17) is 1.37 Å². The van der Waals surface area contributed by atoms with E-state index in [0.717, 1.165) is 18.6 Å². The molecule has 0 saturated carbocycles. The van der Waals surface area contributed by atoms with Gasteiger partial charge in [0.2, 0.25) is 0 Å². The minimum Gasteiger partial charge on any atom is -0.391 e. The average molecular weight is 429 g/mol. The maximum Gasteiger partial charge on any atom is 0.322 e. The molecule has 0 unspecified atom stereocenters. The molecule has 2 aliphatic rings. The molecule has 2 atom stereocenters. The Hall–Kier alpha value is -3.27. The third-order valence-corrected chi connectivity index (χ3v) is 5.79. The second-order valence-electron chi connectivity index (χ2n) is 7.80. The number of urea groups is 1. The molecular formula is C21H22F2N6O2. The lowest BCUT2D eigenvalue weighted by atomic mass is 10.0. The number of carbonyl (C=O) groups excluding carboxylic acids is 1. The zero-order valence-corrected chi connectivity index (χ0v) is 16.6. The SMILES string of the molecule is [2H][C@]1(O)CCN(C(=O)Nc2cnn3ccc(N4CCC[C@@H]4c4cc(F)ccc4F)nc23)C1. The number of carbonyl (C=O) groups is 1. The van der Waals surface area contributed by atoms with Crippen LogP contribution in [-0.2, 0) is 0 Å². The van der Waals surface area contributed by atoms with E-state index in [1.54, 1.807) is 12.3 Å². The molecule has 2 N–H and O–H groups in total. The molecule has 2 aromatic heterocycles. The van der Waals surface area contributed by atoms with Gasteiger partial charge in [0.05, 0.1) is 19.7 Å². The lowest BCUT2D eigenvalue weighted by molar-refractivity contribution is 0.176. The van der Waals surface area contributed by atoms with E-state index >= 15 is 0 Å². The van der Waals surface area contributed by atoms with Gasteiger partial charge < -0.3 is 20.2 Å². The summed E-state index contributed by atoms with van der Waals surface area (Å²) in [6.07, 6.45) is 3.19. The number of hydrogen-bond acceptors (Lipinski definition) is 5. The van der Waals surface area contributed by atoms with Gasteiger partial charge in [-0.3, -0.25) is 0 Å². The van der Waals surface area contributed by atoms with Crippen molar-refractivity contribution >= 4 is 23.2 Å². The van der Waals surface area contributed by atoms with Crippen LogP contribution in [0.5, 0.6) is 0 Å². The van der Waals surface area contributed by atoms with Gasteiger partial charge in [0, 0.05) is 31.4 Å². The number of likely N-dealkylation sites (tertiary alicyclic amines) is 1. The maximum absolute atomic E-state index is 14.4. The second kappa shape index (κ2) is 7.77. The largest absolute Gasteiger partial charge is 0.391 e. The Morgan fingerprint density at radius 3 is 2.94 bits per heavy atom. The molecule has 0 bridgehead atoms. The van der Waals surface area contributed by atoms with Crippen LogP contribution in [0.4, 0.5) is 25.1 Å². The number of amides is 2. The van der Waals surface area contributed by atoms with Gasteiger partial charge >= 0.3 is 6.03 Å². The van der Waals surface area contributed by atoms with Crippen LogP contribution in [0.1, 0.15) is 32.2 Å². The summed E-state index contributed by atoms with van der Waals surface area (Å²) in [6, 6.07) is 4.42. The third-order valence-electron chi connectivity index (χ3n) is 5.79. The first-order valence-corrected chi connectivity index (χ1v) is 10.1. The fourth-order valence-corrected chi connectivity index (χ4v) is 4.25.